The number of non-ortho nitro benzene ring substituents is 1. The van der Waals surface area contributed by atoms with Crippen molar-refractivity contribution in [3.05, 3.63) is 63.7 Å². The van der Waals surface area contributed by atoms with Gasteiger partial charge in [0.15, 0.2) is 0 Å². The minimum atomic E-state index is -0.521. The largest absolute Gasteiger partial charge is 0.495 e. The zero-order valence-corrected chi connectivity index (χ0v) is 14.1. The smallest absolute Gasteiger partial charge is 0.271 e. The minimum absolute atomic E-state index is 0.00172. The summed E-state index contributed by atoms with van der Waals surface area (Å²) in [5.41, 5.74) is 1.73. The summed E-state index contributed by atoms with van der Waals surface area (Å²) in [6.07, 6.45) is 0. The molecule has 2 aromatic rings. The zero-order chi connectivity index (χ0) is 17.9. The quantitative estimate of drug-likeness (QED) is 0.675. The maximum absolute atomic E-state index is 12.4. The second-order valence-electron chi connectivity index (χ2n) is 6.42. The van der Waals surface area contributed by atoms with Crippen LogP contribution in [0.25, 0.3) is 0 Å². The van der Waals surface area contributed by atoms with E-state index >= 15 is 0 Å². The van der Waals surface area contributed by atoms with Crippen LogP contribution in [0, 0.1) is 10.1 Å². The number of nitro groups is 1. The van der Waals surface area contributed by atoms with Crippen LogP contribution in [-0.2, 0) is 5.41 Å². The molecule has 0 spiro atoms. The lowest BCUT2D eigenvalue weighted by Crippen LogP contribution is -2.15. The Labute approximate surface area is 140 Å². The van der Waals surface area contributed by atoms with Gasteiger partial charge in [-0.15, -0.1) is 0 Å². The Morgan fingerprint density at radius 2 is 1.75 bits per heavy atom. The third kappa shape index (κ3) is 3.90. The Morgan fingerprint density at radius 1 is 1.12 bits per heavy atom. The van der Waals surface area contributed by atoms with E-state index in [9.17, 15) is 14.9 Å². The fraction of sp³-hybridized carbons (Fsp3) is 0.278. The summed E-state index contributed by atoms with van der Waals surface area (Å²) in [4.78, 5) is 22.8. The predicted molar refractivity (Wildman–Crippen MR) is 92.7 cm³/mol. The van der Waals surface area contributed by atoms with Gasteiger partial charge in [-0.3, -0.25) is 14.9 Å². The molecular formula is C18H20N2O4. The summed E-state index contributed by atoms with van der Waals surface area (Å²) in [5, 5.41) is 13.6. The molecule has 0 bridgehead atoms. The summed E-state index contributed by atoms with van der Waals surface area (Å²) in [5.74, 6) is 0.00881. The molecule has 0 aliphatic carbocycles. The number of hydrogen-bond acceptors (Lipinski definition) is 4. The fourth-order valence-corrected chi connectivity index (χ4v) is 2.22. The van der Waals surface area contributed by atoms with Gasteiger partial charge in [-0.05, 0) is 29.2 Å². The highest BCUT2D eigenvalue weighted by molar-refractivity contribution is 6.05. The van der Waals surface area contributed by atoms with E-state index in [0.29, 0.717) is 11.3 Å². The maximum Gasteiger partial charge on any atom is 0.271 e. The van der Waals surface area contributed by atoms with Gasteiger partial charge >= 0.3 is 0 Å². The molecular weight excluding hydrogens is 308 g/mol. The van der Waals surface area contributed by atoms with Gasteiger partial charge in [0.25, 0.3) is 11.6 Å². The first kappa shape index (κ1) is 17.5. The van der Waals surface area contributed by atoms with Gasteiger partial charge in [-0.2, -0.15) is 0 Å². The first-order chi connectivity index (χ1) is 11.2. The molecule has 1 N–H and O–H groups in total. The van der Waals surface area contributed by atoms with Gasteiger partial charge in [0.1, 0.15) is 5.75 Å². The van der Waals surface area contributed by atoms with Gasteiger partial charge in [-0.1, -0.05) is 32.9 Å². The van der Waals surface area contributed by atoms with Gasteiger partial charge in [0, 0.05) is 17.7 Å². The number of nitrogens with one attached hydrogen (secondary N) is 1. The molecule has 1 amide bonds. The predicted octanol–water partition coefficient (Wildman–Crippen LogP) is 4.15. The second kappa shape index (κ2) is 6.70. The average molecular weight is 328 g/mol. The molecule has 0 aromatic heterocycles. The van der Waals surface area contributed by atoms with Gasteiger partial charge in [-0.25, -0.2) is 0 Å². The molecule has 6 nitrogen and oxygen atoms in total. The van der Waals surface area contributed by atoms with Crippen molar-refractivity contribution in [3.8, 4) is 5.75 Å². The fourth-order valence-electron chi connectivity index (χ4n) is 2.22. The molecule has 0 unspecified atom stereocenters. The molecule has 126 valence electrons. The highest BCUT2D eigenvalue weighted by Gasteiger charge is 2.16. The first-order valence-electron chi connectivity index (χ1n) is 7.46. The minimum Gasteiger partial charge on any atom is -0.495 e. The van der Waals surface area contributed by atoms with E-state index in [4.69, 9.17) is 4.74 Å². The zero-order valence-electron chi connectivity index (χ0n) is 14.1. The van der Waals surface area contributed by atoms with Crippen molar-refractivity contribution >= 4 is 17.3 Å². The maximum atomic E-state index is 12.4. The van der Waals surface area contributed by atoms with Crippen LogP contribution in [0.3, 0.4) is 0 Å². The molecule has 0 heterocycles. The topological polar surface area (TPSA) is 81.5 Å². The van der Waals surface area contributed by atoms with Crippen molar-refractivity contribution in [2.45, 2.75) is 26.2 Å². The molecule has 0 saturated heterocycles. The van der Waals surface area contributed by atoms with Crippen molar-refractivity contribution in [2.24, 2.45) is 0 Å². The molecule has 0 aliphatic rings. The standard InChI is InChI=1S/C18H20N2O4/c1-18(2,3)13-7-5-12(6-8-13)17(21)19-15-11-14(20(22)23)9-10-16(15)24-4/h5-11H,1-4H3,(H,19,21). The van der Waals surface area contributed by atoms with E-state index in [1.807, 2.05) is 12.1 Å². The summed E-state index contributed by atoms with van der Waals surface area (Å²) >= 11 is 0. The highest BCUT2D eigenvalue weighted by atomic mass is 16.6. The Balaban J connectivity index is 2.26. The van der Waals surface area contributed by atoms with Crippen LogP contribution >= 0.6 is 0 Å². The second-order valence-corrected chi connectivity index (χ2v) is 6.42. The molecule has 6 heteroatoms. The SMILES string of the molecule is COc1ccc([N+](=O)[O-])cc1NC(=O)c1ccc(C(C)(C)C)cc1. The number of rotatable bonds is 4. The average Bonchev–Trinajstić information content (AvgIpc) is 2.54. The van der Waals surface area contributed by atoms with E-state index in [1.165, 1.54) is 25.3 Å². The van der Waals surface area contributed by atoms with E-state index in [2.05, 4.69) is 26.1 Å². The molecule has 0 aliphatic heterocycles. The molecule has 0 fully saturated rings. The summed E-state index contributed by atoms with van der Waals surface area (Å²) in [6, 6.07) is 11.3. The van der Waals surface area contributed by atoms with E-state index in [1.54, 1.807) is 12.1 Å². The van der Waals surface area contributed by atoms with Crippen LogP contribution < -0.4 is 10.1 Å². The van der Waals surface area contributed by atoms with Crippen molar-refractivity contribution in [1.82, 2.24) is 0 Å². The van der Waals surface area contributed by atoms with Crippen molar-refractivity contribution in [2.75, 3.05) is 12.4 Å². The first-order valence-corrected chi connectivity index (χ1v) is 7.46. The van der Waals surface area contributed by atoms with Crippen molar-refractivity contribution in [1.29, 1.82) is 0 Å². The van der Waals surface area contributed by atoms with E-state index in [-0.39, 0.29) is 22.7 Å². The Morgan fingerprint density at radius 3 is 2.25 bits per heavy atom. The van der Waals surface area contributed by atoms with Gasteiger partial charge in [0.2, 0.25) is 0 Å². The number of benzene rings is 2. The van der Waals surface area contributed by atoms with Gasteiger partial charge < -0.3 is 10.1 Å². The van der Waals surface area contributed by atoms with Crippen molar-refractivity contribution in [3.63, 3.8) is 0 Å². The van der Waals surface area contributed by atoms with E-state index < -0.39 is 4.92 Å². The van der Waals surface area contributed by atoms with Crippen LogP contribution in [0.15, 0.2) is 42.5 Å². The number of carbonyl (C=O) groups excluding carboxylic acids is 1. The van der Waals surface area contributed by atoms with Gasteiger partial charge in [0.05, 0.1) is 17.7 Å². The Bertz CT molecular complexity index is 762. The molecule has 2 rings (SSSR count). The highest BCUT2D eigenvalue weighted by Crippen LogP contribution is 2.29. The number of carbonyl (C=O) groups is 1. The monoisotopic (exact) mass is 328 g/mol. The molecule has 0 saturated carbocycles. The summed E-state index contributed by atoms with van der Waals surface area (Å²) < 4.78 is 5.14. The molecule has 24 heavy (non-hydrogen) atoms. The number of ether oxygens (including phenoxy) is 1. The lowest BCUT2D eigenvalue weighted by atomic mass is 9.87. The number of anilines is 1. The van der Waals surface area contributed by atoms with Crippen LogP contribution in [0.1, 0.15) is 36.7 Å². The normalized spacial score (nSPS) is 11.0. The Kier molecular flexibility index (Phi) is 4.87. The number of amides is 1. The summed E-state index contributed by atoms with van der Waals surface area (Å²) in [7, 11) is 1.44. The van der Waals surface area contributed by atoms with Crippen LogP contribution in [0.2, 0.25) is 0 Å². The Hall–Kier alpha value is -2.89. The third-order valence-corrected chi connectivity index (χ3v) is 3.66. The number of nitro benzene ring substituents is 1. The van der Waals surface area contributed by atoms with Crippen LogP contribution in [0.4, 0.5) is 11.4 Å². The number of hydrogen-bond donors (Lipinski definition) is 1. The van der Waals surface area contributed by atoms with Crippen LogP contribution in [-0.4, -0.2) is 17.9 Å². The van der Waals surface area contributed by atoms with E-state index in [0.717, 1.165) is 5.56 Å². The lowest BCUT2D eigenvalue weighted by molar-refractivity contribution is -0.384. The summed E-state index contributed by atoms with van der Waals surface area (Å²) in [6.45, 7) is 6.28. The van der Waals surface area contributed by atoms with Crippen molar-refractivity contribution < 1.29 is 14.5 Å². The number of methoxy groups -OCH3 is 1. The number of nitrogens with zero attached hydrogens (tertiary/aromatic N) is 1. The third-order valence-electron chi connectivity index (χ3n) is 3.66. The lowest BCUT2D eigenvalue weighted by Gasteiger charge is -2.19. The molecule has 2 aromatic carbocycles. The molecule has 0 atom stereocenters. The van der Waals surface area contributed by atoms with Crippen LogP contribution in [0.5, 0.6) is 5.75 Å². The molecule has 0 radical (unpaired) electrons.